The van der Waals surface area contributed by atoms with E-state index >= 15 is 0 Å². The van der Waals surface area contributed by atoms with Gasteiger partial charge in [0.25, 0.3) is 11.6 Å². The summed E-state index contributed by atoms with van der Waals surface area (Å²) in [7, 11) is 0. The molecular formula is C16H19N5O3. The number of carbonyl (C=O) groups excluding carboxylic acids is 1. The number of H-pyrrole nitrogens is 1. The quantitative estimate of drug-likeness (QED) is 0.644. The summed E-state index contributed by atoms with van der Waals surface area (Å²) >= 11 is 0. The van der Waals surface area contributed by atoms with E-state index in [0.29, 0.717) is 29.4 Å². The van der Waals surface area contributed by atoms with Crippen LogP contribution in [0, 0.1) is 15.5 Å². The van der Waals surface area contributed by atoms with Crippen molar-refractivity contribution in [2.45, 2.75) is 19.3 Å². The first-order chi connectivity index (χ1) is 11.6. The van der Waals surface area contributed by atoms with Gasteiger partial charge in [0.15, 0.2) is 5.69 Å². The minimum absolute atomic E-state index is 0.0347. The maximum absolute atomic E-state index is 12.8. The average Bonchev–Trinajstić information content (AvgIpc) is 3.21. The molecule has 24 heavy (non-hydrogen) atoms. The summed E-state index contributed by atoms with van der Waals surface area (Å²) in [5.74, 6) is -0.150. The molecule has 2 aliphatic rings. The molecule has 4 rings (SSSR count). The fraction of sp³-hybridized carbons (Fsp3) is 0.500. The lowest BCUT2D eigenvalue weighted by Gasteiger charge is -2.38. The van der Waals surface area contributed by atoms with Crippen molar-refractivity contribution in [1.29, 1.82) is 0 Å². The standard InChI is InChI=1S/C16H19N5O3/c22-15(20-7-4-16(5-8-20)3-6-17-10-16)14-12-9-11(21(23)24)1-2-13(12)18-19-14/h1-2,9,17H,3-8,10H2,(H,18,19). The Balaban J connectivity index is 1.57. The van der Waals surface area contributed by atoms with Crippen molar-refractivity contribution in [1.82, 2.24) is 20.4 Å². The summed E-state index contributed by atoms with van der Waals surface area (Å²) in [6, 6.07) is 4.41. The highest BCUT2D eigenvalue weighted by Gasteiger charge is 2.38. The third-order valence-corrected chi connectivity index (χ3v) is 5.40. The molecule has 2 fully saturated rings. The Kier molecular flexibility index (Phi) is 3.49. The van der Waals surface area contributed by atoms with Gasteiger partial charge in [-0.15, -0.1) is 0 Å². The zero-order valence-corrected chi connectivity index (χ0v) is 13.2. The molecule has 2 N–H and O–H groups in total. The number of likely N-dealkylation sites (tertiary alicyclic amines) is 1. The third kappa shape index (κ3) is 2.43. The first-order valence-electron chi connectivity index (χ1n) is 8.21. The van der Waals surface area contributed by atoms with Crippen molar-refractivity contribution < 1.29 is 9.72 Å². The van der Waals surface area contributed by atoms with E-state index in [9.17, 15) is 14.9 Å². The van der Waals surface area contributed by atoms with Crippen molar-refractivity contribution in [2.24, 2.45) is 5.41 Å². The van der Waals surface area contributed by atoms with Gasteiger partial charge in [0, 0.05) is 37.2 Å². The first-order valence-corrected chi connectivity index (χ1v) is 8.21. The largest absolute Gasteiger partial charge is 0.337 e. The van der Waals surface area contributed by atoms with Gasteiger partial charge in [-0.3, -0.25) is 20.0 Å². The molecule has 0 saturated carbocycles. The number of nitrogens with one attached hydrogen (secondary N) is 2. The number of fused-ring (bicyclic) bond motifs is 1. The van der Waals surface area contributed by atoms with Crippen LogP contribution in [0.25, 0.3) is 10.9 Å². The van der Waals surface area contributed by atoms with Crippen LogP contribution in [0.4, 0.5) is 5.69 Å². The Bertz CT molecular complexity index is 799. The Morgan fingerprint density at radius 3 is 2.75 bits per heavy atom. The number of aromatic nitrogens is 2. The molecular weight excluding hydrogens is 310 g/mol. The number of piperidine rings is 1. The Morgan fingerprint density at radius 1 is 1.29 bits per heavy atom. The number of aromatic amines is 1. The lowest BCUT2D eigenvalue weighted by atomic mass is 9.78. The highest BCUT2D eigenvalue weighted by atomic mass is 16.6. The molecule has 2 aromatic rings. The topological polar surface area (TPSA) is 104 Å². The van der Waals surface area contributed by atoms with Crippen molar-refractivity contribution in [3.63, 3.8) is 0 Å². The van der Waals surface area contributed by atoms with Crippen LogP contribution in [-0.4, -0.2) is 52.1 Å². The lowest BCUT2D eigenvalue weighted by molar-refractivity contribution is -0.384. The highest BCUT2D eigenvalue weighted by molar-refractivity contribution is 6.05. The predicted octanol–water partition coefficient (Wildman–Crippen LogP) is 1.69. The van der Waals surface area contributed by atoms with Gasteiger partial charge in [-0.25, -0.2) is 0 Å². The number of benzene rings is 1. The molecule has 8 nitrogen and oxygen atoms in total. The molecule has 3 heterocycles. The van der Waals surface area contributed by atoms with Crippen molar-refractivity contribution >= 4 is 22.5 Å². The smallest absolute Gasteiger partial charge is 0.274 e. The number of non-ortho nitro benzene ring substituents is 1. The number of hydrogen-bond acceptors (Lipinski definition) is 5. The van der Waals surface area contributed by atoms with E-state index in [0.717, 1.165) is 25.9 Å². The van der Waals surface area contributed by atoms with Crippen LogP contribution in [0.3, 0.4) is 0 Å². The van der Waals surface area contributed by atoms with E-state index in [4.69, 9.17) is 0 Å². The molecule has 1 aromatic carbocycles. The fourth-order valence-electron chi connectivity index (χ4n) is 3.83. The second-order valence-corrected chi connectivity index (χ2v) is 6.78. The zero-order chi connectivity index (χ0) is 16.7. The summed E-state index contributed by atoms with van der Waals surface area (Å²) < 4.78 is 0. The van der Waals surface area contributed by atoms with Gasteiger partial charge in [-0.05, 0) is 37.3 Å². The number of carbonyl (C=O) groups is 1. The van der Waals surface area contributed by atoms with E-state index in [1.165, 1.54) is 18.6 Å². The van der Waals surface area contributed by atoms with E-state index in [1.54, 1.807) is 6.07 Å². The molecule has 0 bridgehead atoms. The van der Waals surface area contributed by atoms with Gasteiger partial charge >= 0.3 is 0 Å². The number of hydrogen-bond donors (Lipinski definition) is 2. The first kappa shape index (κ1) is 15.1. The molecule has 1 spiro atoms. The lowest BCUT2D eigenvalue weighted by Crippen LogP contribution is -2.44. The van der Waals surface area contributed by atoms with E-state index < -0.39 is 4.92 Å². The van der Waals surface area contributed by atoms with Gasteiger partial charge in [-0.1, -0.05) is 0 Å². The number of nitro benzene ring substituents is 1. The zero-order valence-electron chi connectivity index (χ0n) is 13.2. The molecule has 1 amide bonds. The molecule has 126 valence electrons. The minimum Gasteiger partial charge on any atom is -0.337 e. The van der Waals surface area contributed by atoms with Crippen LogP contribution in [0.15, 0.2) is 18.2 Å². The average molecular weight is 329 g/mol. The Labute approximate surface area is 138 Å². The molecule has 8 heteroatoms. The summed E-state index contributed by atoms with van der Waals surface area (Å²) in [5, 5.41) is 21.8. The van der Waals surface area contributed by atoms with Crippen LogP contribution in [-0.2, 0) is 0 Å². The monoisotopic (exact) mass is 329 g/mol. The van der Waals surface area contributed by atoms with Gasteiger partial charge in [0.1, 0.15) is 0 Å². The van der Waals surface area contributed by atoms with Crippen LogP contribution < -0.4 is 5.32 Å². The SMILES string of the molecule is O=C(c1n[nH]c2ccc([N+](=O)[O-])cc12)N1CCC2(CCNC2)CC1. The van der Waals surface area contributed by atoms with Gasteiger partial charge in [0.2, 0.25) is 0 Å². The molecule has 1 aromatic heterocycles. The van der Waals surface area contributed by atoms with Gasteiger partial charge in [0.05, 0.1) is 10.4 Å². The second kappa shape index (κ2) is 5.55. The Morgan fingerprint density at radius 2 is 2.08 bits per heavy atom. The summed E-state index contributed by atoms with van der Waals surface area (Å²) in [6.45, 7) is 3.52. The molecule has 0 atom stereocenters. The van der Waals surface area contributed by atoms with Crippen molar-refractivity contribution in [3.8, 4) is 0 Å². The van der Waals surface area contributed by atoms with Crippen LogP contribution in [0.2, 0.25) is 0 Å². The minimum atomic E-state index is -0.460. The van der Waals surface area contributed by atoms with Crippen molar-refractivity contribution in [3.05, 3.63) is 34.0 Å². The van der Waals surface area contributed by atoms with Crippen LogP contribution in [0.1, 0.15) is 29.8 Å². The summed E-state index contributed by atoms with van der Waals surface area (Å²) in [6.07, 6.45) is 3.16. The third-order valence-electron chi connectivity index (χ3n) is 5.40. The molecule has 2 aliphatic heterocycles. The van der Waals surface area contributed by atoms with Crippen LogP contribution >= 0.6 is 0 Å². The maximum atomic E-state index is 12.8. The predicted molar refractivity (Wildman–Crippen MR) is 87.8 cm³/mol. The number of rotatable bonds is 2. The fourth-order valence-corrected chi connectivity index (χ4v) is 3.83. The molecule has 2 saturated heterocycles. The van der Waals surface area contributed by atoms with Gasteiger partial charge in [-0.2, -0.15) is 5.10 Å². The van der Waals surface area contributed by atoms with Crippen LogP contribution in [0.5, 0.6) is 0 Å². The van der Waals surface area contributed by atoms with E-state index in [1.807, 2.05) is 4.90 Å². The number of nitrogens with zero attached hydrogens (tertiary/aromatic N) is 3. The second-order valence-electron chi connectivity index (χ2n) is 6.78. The summed E-state index contributed by atoms with van der Waals surface area (Å²) in [5.41, 5.74) is 1.21. The number of nitro groups is 1. The highest BCUT2D eigenvalue weighted by Crippen LogP contribution is 2.37. The summed E-state index contributed by atoms with van der Waals surface area (Å²) in [4.78, 5) is 25.1. The van der Waals surface area contributed by atoms with E-state index in [-0.39, 0.29) is 17.3 Å². The maximum Gasteiger partial charge on any atom is 0.274 e. The van der Waals surface area contributed by atoms with Crippen molar-refractivity contribution in [2.75, 3.05) is 26.2 Å². The van der Waals surface area contributed by atoms with Gasteiger partial charge < -0.3 is 10.2 Å². The normalized spacial score (nSPS) is 19.9. The molecule has 0 radical (unpaired) electrons. The number of amides is 1. The Hall–Kier alpha value is -2.48. The molecule has 0 aliphatic carbocycles. The molecule has 0 unspecified atom stereocenters. The van der Waals surface area contributed by atoms with E-state index in [2.05, 4.69) is 15.5 Å².